The van der Waals surface area contributed by atoms with Crippen LogP contribution in [0.2, 0.25) is 0 Å². The van der Waals surface area contributed by atoms with E-state index in [1.165, 1.54) is 37.7 Å². The van der Waals surface area contributed by atoms with Gasteiger partial charge in [0.05, 0.1) is 11.6 Å². The summed E-state index contributed by atoms with van der Waals surface area (Å²) < 4.78 is 0. The van der Waals surface area contributed by atoms with Crippen molar-refractivity contribution in [1.29, 1.82) is 5.26 Å². The number of aldehydes is 1. The Morgan fingerprint density at radius 3 is 2.50 bits per heavy atom. The van der Waals surface area contributed by atoms with Crippen LogP contribution in [0.25, 0.3) is 6.08 Å². The van der Waals surface area contributed by atoms with Gasteiger partial charge in [-0.05, 0) is 74.1 Å². The van der Waals surface area contributed by atoms with Crippen LogP contribution < -0.4 is 0 Å². The Labute approximate surface area is 133 Å². The van der Waals surface area contributed by atoms with E-state index < -0.39 is 0 Å². The van der Waals surface area contributed by atoms with E-state index in [-0.39, 0.29) is 0 Å². The summed E-state index contributed by atoms with van der Waals surface area (Å²) in [4.78, 5) is 10.2. The summed E-state index contributed by atoms with van der Waals surface area (Å²) in [6, 6.07) is 9.87. The summed E-state index contributed by atoms with van der Waals surface area (Å²) in [5, 5.41) is 8.79. The van der Waals surface area contributed by atoms with Crippen molar-refractivity contribution in [3.8, 4) is 6.07 Å². The van der Waals surface area contributed by atoms with Crippen molar-refractivity contribution in [3.05, 3.63) is 53.6 Å². The minimum Gasteiger partial charge on any atom is -0.299 e. The zero-order valence-corrected chi connectivity index (χ0v) is 12.9. The average Bonchev–Trinajstić information content (AvgIpc) is 2.58. The van der Waals surface area contributed by atoms with Crippen LogP contribution in [0.4, 0.5) is 0 Å². The van der Waals surface area contributed by atoms with Crippen LogP contribution in [0, 0.1) is 23.2 Å². The highest BCUT2D eigenvalue weighted by atomic mass is 16.1. The van der Waals surface area contributed by atoms with Gasteiger partial charge in [0.15, 0.2) is 0 Å². The smallest absolute Gasteiger partial charge is 0.142 e. The maximum atomic E-state index is 10.2. The second-order valence-electron chi connectivity index (χ2n) is 6.02. The molecule has 1 aromatic carbocycles. The first-order valence-electron chi connectivity index (χ1n) is 8.10. The molecule has 1 aromatic rings. The number of rotatable bonds is 6. The lowest BCUT2D eigenvalue weighted by molar-refractivity contribution is -0.104. The summed E-state index contributed by atoms with van der Waals surface area (Å²) in [7, 11) is 0. The quantitative estimate of drug-likeness (QED) is 0.552. The van der Waals surface area contributed by atoms with E-state index in [4.69, 9.17) is 5.26 Å². The fraction of sp³-hybridized carbons (Fsp3) is 0.400. The normalized spacial score (nSPS) is 22.0. The number of hydrogen-bond donors (Lipinski definition) is 0. The van der Waals surface area contributed by atoms with E-state index in [0.717, 1.165) is 18.6 Å². The second-order valence-corrected chi connectivity index (χ2v) is 6.02. The largest absolute Gasteiger partial charge is 0.299 e. The van der Waals surface area contributed by atoms with Crippen LogP contribution in [0.3, 0.4) is 0 Å². The molecule has 22 heavy (non-hydrogen) atoms. The highest BCUT2D eigenvalue weighted by Crippen LogP contribution is 2.32. The van der Waals surface area contributed by atoms with Gasteiger partial charge in [-0.2, -0.15) is 5.26 Å². The molecule has 1 aliphatic carbocycles. The molecule has 1 saturated carbocycles. The third-order valence-electron chi connectivity index (χ3n) is 4.45. The van der Waals surface area contributed by atoms with Crippen LogP contribution in [0.5, 0.6) is 0 Å². The molecule has 0 atom stereocenters. The third-order valence-corrected chi connectivity index (χ3v) is 4.45. The van der Waals surface area contributed by atoms with Crippen molar-refractivity contribution in [1.82, 2.24) is 0 Å². The molecule has 0 heterocycles. The van der Waals surface area contributed by atoms with Crippen molar-refractivity contribution in [3.63, 3.8) is 0 Å². The Morgan fingerprint density at radius 2 is 1.86 bits per heavy atom. The Morgan fingerprint density at radius 1 is 1.14 bits per heavy atom. The van der Waals surface area contributed by atoms with Crippen LogP contribution in [-0.4, -0.2) is 6.29 Å². The lowest BCUT2D eigenvalue weighted by atomic mass is 9.80. The third kappa shape index (κ3) is 5.33. The summed E-state index contributed by atoms with van der Waals surface area (Å²) in [6.07, 6.45) is 16.3. The molecule has 2 nitrogen and oxygen atoms in total. The zero-order valence-electron chi connectivity index (χ0n) is 12.9. The van der Waals surface area contributed by atoms with Crippen LogP contribution in [0.1, 0.15) is 49.7 Å². The van der Waals surface area contributed by atoms with Gasteiger partial charge >= 0.3 is 0 Å². The number of carbonyl (C=O) groups is 1. The van der Waals surface area contributed by atoms with Crippen LogP contribution >= 0.6 is 0 Å². The first-order valence-corrected chi connectivity index (χ1v) is 8.10. The molecule has 0 saturated heterocycles. The minimum atomic E-state index is 0.678. The maximum Gasteiger partial charge on any atom is 0.142 e. The van der Waals surface area contributed by atoms with E-state index in [2.05, 4.69) is 18.2 Å². The molecule has 0 aliphatic heterocycles. The highest BCUT2D eigenvalue weighted by Gasteiger charge is 2.18. The van der Waals surface area contributed by atoms with E-state index in [1.54, 1.807) is 6.08 Å². The van der Waals surface area contributed by atoms with Gasteiger partial charge in [0.1, 0.15) is 6.29 Å². The summed E-state index contributed by atoms with van der Waals surface area (Å²) in [5.41, 5.74) is 1.88. The molecule has 0 amide bonds. The molecule has 0 bridgehead atoms. The SMILES string of the molecule is N#Cc1ccc(/C=C/[C@H]2CC[C@H](CCC=CC=O)CC2)cc1. The summed E-state index contributed by atoms with van der Waals surface area (Å²) in [5.74, 6) is 1.49. The lowest BCUT2D eigenvalue weighted by Gasteiger charge is -2.26. The number of hydrogen-bond acceptors (Lipinski definition) is 2. The predicted molar refractivity (Wildman–Crippen MR) is 90.1 cm³/mol. The summed E-state index contributed by atoms with van der Waals surface area (Å²) >= 11 is 0. The van der Waals surface area contributed by atoms with E-state index >= 15 is 0 Å². The van der Waals surface area contributed by atoms with Gasteiger partial charge in [-0.1, -0.05) is 30.4 Å². The molecule has 1 fully saturated rings. The van der Waals surface area contributed by atoms with Gasteiger partial charge in [0, 0.05) is 0 Å². The van der Waals surface area contributed by atoms with Crippen molar-refractivity contribution >= 4 is 12.4 Å². The number of allylic oxidation sites excluding steroid dienone is 3. The first kappa shape index (κ1) is 16.2. The van der Waals surface area contributed by atoms with E-state index in [0.29, 0.717) is 11.5 Å². The van der Waals surface area contributed by atoms with Crippen molar-refractivity contribution < 1.29 is 4.79 Å². The number of benzene rings is 1. The molecule has 0 spiro atoms. The molecule has 0 N–H and O–H groups in total. The second kappa shape index (κ2) is 9.00. The fourth-order valence-corrected chi connectivity index (χ4v) is 3.07. The highest BCUT2D eigenvalue weighted by molar-refractivity contribution is 5.64. The average molecular weight is 293 g/mol. The molecule has 1 aliphatic rings. The molecule has 0 aromatic heterocycles. The molecule has 2 rings (SSSR count). The monoisotopic (exact) mass is 293 g/mol. The lowest BCUT2D eigenvalue weighted by Crippen LogP contribution is -2.12. The Balaban J connectivity index is 1.74. The topological polar surface area (TPSA) is 40.9 Å². The van der Waals surface area contributed by atoms with Crippen LogP contribution in [-0.2, 0) is 4.79 Å². The van der Waals surface area contributed by atoms with Gasteiger partial charge in [-0.15, -0.1) is 0 Å². The minimum absolute atomic E-state index is 0.678. The summed E-state index contributed by atoms with van der Waals surface area (Å²) in [6.45, 7) is 0. The van der Waals surface area contributed by atoms with Crippen molar-refractivity contribution in [2.75, 3.05) is 0 Å². The zero-order chi connectivity index (χ0) is 15.6. The number of nitrogens with zero attached hydrogens (tertiary/aromatic N) is 1. The van der Waals surface area contributed by atoms with Gasteiger partial charge in [0.25, 0.3) is 0 Å². The predicted octanol–water partition coefficient (Wildman–Crippen LogP) is 4.91. The number of nitriles is 1. The molecular weight excluding hydrogens is 270 g/mol. The molecule has 2 heteroatoms. The molecular formula is C20H23NO. The Bertz CT molecular complexity index is 554. The van der Waals surface area contributed by atoms with Gasteiger partial charge in [-0.25, -0.2) is 0 Å². The van der Waals surface area contributed by atoms with Gasteiger partial charge in [-0.3, -0.25) is 4.79 Å². The van der Waals surface area contributed by atoms with Gasteiger partial charge in [0.2, 0.25) is 0 Å². The first-order chi connectivity index (χ1) is 10.8. The maximum absolute atomic E-state index is 10.2. The van der Waals surface area contributed by atoms with Gasteiger partial charge < -0.3 is 0 Å². The van der Waals surface area contributed by atoms with Crippen molar-refractivity contribution in [2.24, 2.45) is 11.8 Å². The number of carbonyl (C=O) groups excluding carboxylic acids is 1. The molecule has 114 valence electrons. The van der Waals surface area contributed by atoms with E-state index in [1.807, 2.05) is 30.3 Å². The van der Waals surface area contributed by atoms with Crippen LogP contribution in [0.15, 0.2) is 42.5 Å². The fourth-order valence-electron chi connectivity index (χ4n) is 3.07. The Hall–Kier alpha value is -2.14. The standard InChI is InChI=1S/C20H23NO/c21-16-20-13-11-19(12-14-20)10-9-18-7-5-17(6-8-18)4-2-1-3-15-22/h1,3,9-15,17-18H,2,4-8H2/b3-1?,10-9+/t17-,18-. The molecule has 0 unspecified atom stereocenters. The van der Waals surface area contributed by atoms with E-state index in [9.17, 15) is 4.79 Å². The van der Waals surface area contributed by atoms with Crippen molar-refractivity contribution in [2.45, 2.75) is 38.5 Å². The molecule has 0 radical (unpaired) electrons. The Kier molecular flexibility index (Phi) is 6.64.